The maximum absolute atomic E-state index is 3.92. The van der Waals surface area contributed by atoms with E-state index in [9.17, 15) is 0 Å². The predicted molar refractivity (Wildman–Crippen MR) is 62.0 cm³/mol. The summed E-state index contributed by atoms with van der Waals surface area (Å²) in [6.45, 7) is 8.20. The number of aromatic nitrogens is 3. The highest BCUT2D eigenvalue weighted by Gasteiger charge is 2.48. The Kier molecular flexibility index (Phi) is 2.11. The van der Waals surface area contributed by atoms with Crippen molar-refractivity contribution in [1.82, 2.24) is 19.7 Å². The first kappa shape index (κ1) is 10.3. The van der Waals surface area contributed by atoms with Crippen molar-refractivity contribution in [3.63, 3.8) is 0 Å². The van der Waals surface area contributed by atoms with E-state index in [0.717, 1.165) is 12.0 Å². The molecule has 3 rings (SSSR count). The quantitative estimate of drug-likeness (QED) is 0.722. The molecule has 1 aromatic rings. The molecule has 16 heavy (non-hydrogen) atoms. The van der Waals surface area contributed by atoms with E-state index in [1.165, 1.54) is 19.4 Å². The Hall–Kier alpha value is -0.900. The molecule has 2 fully saturated rings. The topological polar surface area (TPSA) is 34.0 Å². The van der Waals surface area contributed by atoms with Crippen molar-refractivity contribution < 1.29 is 0 Å². The zero-order valence-electron chi connectivity index (χ0n) is 10.3. The molecule has 0 radical (unpaired) electrons. The predicted octanol–water partition coefficient (Wildman–Crippen LogP) is 1.71. The summed E-state index contributed by atoms with van der Waals surface area (Å²) in [5.41, 5.74) is 0.317. The highest BCUT2D eigenvalue weighted by molar-refractivity contribution is 5.03. The van der Waals surface area contributed by atoms with Crippen LogP contribution in [0.25, 0.3) is 0 Å². The molecule has 3 unspecified atom stereocenters. The summed E-state index contributed by atoms with van der Waals surface area (Å²) in [6.07, 6.45) is 6.35. The minimum Gasteiger partial charge on any atom is -0.317 e. The number of fused-ring (bicyclic) bond motifs is 2. The number of nitrogens with zero attached hydrogens (tertiary/aromatic N) is 4. The molecule has 2 bridgehead atoms. The van der Waals surface area contributed by atoms with Gasteiger partial charge in [0.15, 0.2) is 0 Å². The minimum atomic E-state index is 0.317. The van der Waals surface area contributed by atoms with E-state index in [4.69, 9.17) is 0 Å². The van der Waals surface area contributed by atoms with Crippen LogP contribution in [0, 0.1) is 5.92 Å². The van der Waals surface area contributed by atoms with Crippen molar-refractivity contribution in [3.8, 4) is 0 Å². The van der Waals surface area contributed by atoms with Gasteiger partial charge in [-0.3, -0.25) is 4.90 Å². The van der Waals surface area contributed by atoms with E-state index >= 15 is 0 Å². The Bertz CT molecular complexity index is 365. The van der Waals surface area contributed by atoms with Gasteiger partial charge in [0.25, 0.3) is 0 Å². The second-order valence-electron chi connectivity index (χ2n) is 6.18. The van der Waals surface area contributed by atoms with Crippen molar-refractivity contribution in [2.75, 3.05) is 6.54 Å². The lowest BCUT2D eigenvalue weighted by molar-refractivity contribution is 0.0797. The van der Waals surface area contributed by atoms with Crippen molar-refractivity contribution in [2.45, 2.75) is 51.2 Å². The first-order valence-corrected chi connectivity index (χ1v) is 6.16. The van der Waals surface area contributed by atoms with Gasteiger partial charge in [0.1, 0.15) is 12.7 Å². The number of rotatable bonds is 1. The molecule has 2 heterocycles. The van der Waals surface area contributed by atoms with Crippen LogP contribution < -0.4 is 0 Å². The lowest BCUT2D eigenvalue weighted by Gasteiger charge is -2.41. The lowest BCUT2D eigenvalue weighted by Crippen LogP contribution is -2.47. The molecule has 1 aromatic heterocycles. The monoisotopic (exact) mass is 220 g/mol. The van der Waals surface area contributed by atoms with Crippen LogP contribution in [-0.4, -0.2) is 37.8 Å². The van der Waals surface area contributed by atoms with Crippen LogP contribution in [0.4, 0.5) is 0 Å². The van der Waals surface area contributed by atoms with Crippen molar-refractivity contribution >= 4 is 0 Å². The summed E-state index contributed by atoms with van der Waals surface area (Å²) in [4.78, 5) is 2.67. The maximum Gasteiger partial charge on any atom is 0.119 e. The molecule has 0 spiro atoms. The second-order valence-corrected chi connectivity index (χ2v) is 6.18. The van der Waals surface area contributed by atoms with Crippen LogP contribution in [0.15, 0.2) is 12.7 Å². The first-order chi connectivity index (χ1) is 7.55. The van der Waals surface area contributed by atoms with E-state index in [0.29, 0.717) is 11.6 Å². The van der Waals surface area contributed by atoms with Crippen LogP contribution in [0.5, 0.6) is 0 Å². The second kappa shape index (κ2) is 3.29. The average molecular weight is 220 g/mol. The van der Waals surface area contributed by atoms with Crippen molar-refractivity contribution in [3.05, 3.63) is 12.7 Å². The fourth-order valence-corrected chi connectivity index (χ4v) is 3.49. The molecule has 0 N–H and O–H groups in total. The van der Waals surface area contributed by atoms with E-state index in [2.05, 4.69) is 40.4 Å². The summed E-state index contributed by atoms with van der Waals surface area (Å²) < 4.78 is 2.20. The SMILES string of the molecule is CC(C)(C)N1CC2CC1CC2n1cnnc1. The van der Waals surface area contributed by atoms with Gasteiger partial charge in [-0.15, -0.1) is 10.2 Å². The van der Waals surface area contributed by atoms with Crippen LogP contribution in [0.3, 0.4) is 0 Å². The molecular formula is C12H20N4. The minimum absolute atomic E-state index is 0.317. The van der Waals surface area contributed by atoms with Gasteiger partial charge in [-0.2, -0.15) is 0 Å². The van der Waals surface area contributed by atoms with Crippen LogP contribution in [0.2, 0.25) is 0 Å². The molecule has 88 valence electrons. The van der Waals surface area contributed by atoms with Gasteiger partial charge < -0.3 is 4.57 Å². The molecule has 3 atom stereocenters. The molecule has 1 saturated heterocycles. The van der Waals surface area contributed by atoms with E-state index < -0.39 is 0 Å². The third-order valence-electron chi connectivity index (χ3n) is 4.19. The zero-order chi connectivity index (χ0) is 11.3. The Labute approximate surface area is 96.7 Å². The number of piperidine rings is 1. The summed E-state index contributed by atoms with van der Waals surface area (Å²) >= 11 is 0. The van der Waals surface area contributed by atoms with Crippen molar-refractivity contribution in [1.29, 1.82) is 0 Å². The number of hydrogen-bond donors (Lipinski definition) is 0. The fourth-order valence-electron chi connectivity index (χ4n) is 3.49. The largest absolute Gasteiger partial charge is 0.317 e. The third kappa shape index (κ3) is 1.47. The standard InChI is InChI=1S/C12H20N4/c1-12(2,3)16-6-9-4-10(16)5-11(9)15-7-13-14-8-15/h7-11H,4-6H2,1-3H3. The summed E-state index contributed by atoms with van der Waals surface area (Å²) in [6, 6.07) is 1.40. The summed E-state index contributed by atoms with van der Waals surface area (Å²) in [7, 11) is 0. The molecule has 4 nitrogen and oxygen atoms in total. The molecule has 2 aliphatic rings. The number of likely N-dealkylation sites (tertiary alicyclic amines) is 1. The van der Waals surface area contributed by atoms with Gasteiger partial charge in [-0.25, -0.2) is 0 Å². The van der Waals surface area contributed by atoms with E-state index in [1.807, 2.05) is 12.7 Å². The van der Waals surface area contributed by atoms with E-state index in [-0.39, 0.29) is 0 Å². The normalized spacial score (nSPS) is 34.8. The molecule has 1 saturated carbocycles. The van der Waals surface area contributed by atoms with Crippen LogP contribution in [-0.2, 0) is 0 Å². The van der Waals surface area contributed by atoms with Gasteiger partial charge in [-0.1, -0.05) is 0 Å². The smallest absolute Gasteiger partial charge is 0.119 e. The Morgan fingerprint density at radius 3 is 2.31 bits per heavy atom. The van der Waals surface area contributed by atoms with Gasteiger partial charge >= 0.3 is 0 Å². The molecule has 1 aliphatic heterocycles. The number of hydrogen-bond acceptors (Lipinski definition) is 3. The molecule has 1 aliphatic carbocycles. The average Bonchev–Trinajstić information content (AvgIpc) is 2.91. The highest BCUT2D eigenvalue weighted by atomic mass is 15.3. The molecule has 0 aromatic carbocycles. The van der Waals surface area contributed by atoms with Crippen LogP contribution >= 0.6 is 0 Å². The maximum atomic E-state index is 3.92. The van der Waals surface area contributed by atoms with Gasteiger partial charge in [0.05, 0.1) is 0 Å². The third-order valence-corrected chi connectivity index (χ3v) is 4.19. The highest BCUT2D eigenvalue weighted by Crippen LogP contribution is 2.47. The summed E-state index contributed by atoms with van der Waals surface area (Å²) in [5, 5.41) is 7.83. The molecule has 0 amide bonds. The summed E-state index contributed by atoms with van der Waals surface area (Å²) in [5.74, 6) is 0.792. The Balaban J connectivity index is 1.76. The van der Waals surface area contributed by atoms with Gasteiger partial charge in [0.2, 0.25) is 0 Å². The first-order valence-electron chi connectivity index (χ1n) is 6.16. The Morgan fingerprint density at radius 1 is 1.12 bits per heavy atom. The van der Waals surface area contributed by atoms with E-state index in [1.54, 1.807) is 0 Å². The zero-order valence-corrected chi connectivity index (χ0v) is 10.3. The lowest BCUT2D eigenvalue weighted by atomic mass is 9.98. The van der Waals surface area contributed by atoms with Crippen molar-refractivity contribution in [2.24, 2.45) is 5.92 Å². The molecule has 4 heteroatoms. The van der Waals surface area contributed by atoms with Gasteiger partial charge in [0, 0.05) is 24.2 Å². The van der Waals surface area contributed by atoms with Gasteiger partial charge in [-0.05, 0) is 39.5 Å². The Morgan fingerprint density at radius 2 is 1.81 bits per heavy atom. The molecular weight excluding hydrogens is 200 g/mol. The van der Waals surface area contributed by atoms with Crippen LogP contribution in [0.1, 0.15) is 39.7 Å². The fraction of sp³-hybridized carbons (Fsp3) is 0.833.